The quantitative estimate of drug-likeness (QED) is 0.520. The summed E-state index contributed by atoms with van der Waals surface area (Å²) in [5.74, 6) is -0.749. The third-order valence-electron chi connectivity index (χ3n) is 2.37. The summed E-state index contributed by atoms with van der Waals surface area (Å²) < 4.78 is 33.3. The highest BCUT2D eigenvalue weighted by atomic mass is 79.9. The predicted molar refractivity (Wildman–Crippen MR) is 83.6 cm³/mol. The van der Waals surface area contributed by atoms with Gasteiger partial charge >= 0.3 is 5.97 Å². The molecule has 0 aliphatic carbocycles. The van der Waals surface area contributed by atoms with Crippen LogP contribution in [0.25, 0.3) is 0 Å². The molecule has 0 aliphatic rings. The Morgan fingerprint density at radius 3 is 2.57 bits per heavy atom. The summed E-state index contributed by atoms with van der Waals surface area (Å²) in [6.07, 6.45) is -0.492. The van der Waals surface area contributed by atoms with Gasteiger partial charge in [0.15, 0.2) is 0 Å². The van der Waals surface area contributed by atoms with Gasteiger partial charge in [-0.3, -0.25) is 0 Å². The minimum atomic E-state index is -4.01. The van der Waals surface area contributed by atoms with E-state index >= 15 is 0 Å². The lowest BCUT2D eigenvalue weighted by Gasteiger charge is -2.14. The summed E-state index contributed by atoms with van der Waals surface area (Å²) in [4.78, 5) is 11.8. The highest BCUT2D eigenvalue weighted by Crippen LogP contribution is 2.31. The summed E-state index contributed by atoms with van der Waals surface area (Å²) in [7, 11) is 1.28. The van der Waals surface area contributed by atoms with Crippen molar-refractivity contribution in [3.8, 4) is 0 Å². The molecule has 118 valence electrons. The van der Waals surface area contributed by atoms with E-state index in [1.807, 2.05) is 6.92 Å². The predicted octanol–water partition coefficient (Wildman–Crippen LogP) is 3.61. The molecule has 1 atom stereocenters. The molecule has 9 heteroatoms. The molecule has 1 rings (SSSR count). The first-order valence-electron chi connectivity index (χ1n) is 5.89. The molecule has 0 fully saturated rings. The second-order valence-corrected chi connectivity index (χ2v) is 7.87. The van der Waals surface area contributed by atoms with Crippen molar-refractivity contribution in [2.24, 2.45) is 0 Å². The van der Waals surface area contributed by atoms with Crippen molar-refractivity contribution < 1.29 is 22.7 Å². The second-order valence-electron chi connectivity index (χ2n) is 4.08. The van der Waals surface area contributed by atoms with Gasteiger partial charge in [0.2, 0.25) is 0 Å². The van der Waals surface area contributed by atoms with Crippen molar-refractivity contribution in [1.82, 2.24) is 0 Å². The molecule has 1 unspecified atom stereocenters. The minimum absolute atomic E-state index is 0.0551. The van der Waals surface area contributed by atoms with Gasteiger partial charge in [-0.25, -0.2) is 13.2 Å². The number of benzene rings is 1. The fourth-order valence-corrected chi connectivity index (χ4v) is 4.00. The van der Waals surface area contributed by atoms with E-state index in [4.69, 9.17) is 31.8 Å². The van der Waals surface area contributed by atoms with Crippen molar-refractivity contribution in [3.63, 3.8) is 0 Å². The average Bonchev–Trinajstić information content (AvgIpc) is 2.34. The lowest BCUT2D eigenvalue weighted by molar-refractivity contribution is 0.00439. The molecule has 0 N–H and O–H groups in total. The van der Waals surface area contributed by atoms with Gasteiger partial charge in [0.1, 0.15) is 6.10 Å². The number of ether oxygens (including phenoxy) is 2. The molecular weight excluding hydrogens is 407 g/mol. The molecule has 5 nitrogen and oxygen atoms in total. The van der Waals surface area contributed by atoms with Crippen LogP contribution in [0.3, 0.4) is 0 Å². The zero-order chi connectivity index (χ0) is 16.2. The Morgan fingerprint density at radius 1 is 1.43 bits per heavy atom. The monoisotopic (exact) mass is 418 g/mol. The highest BCUT2D eigenvalue weighted by Gasteiger charge is 2.22. The molecule has 0 aromatic heterocycles. The fourth-order valence-electron chi connectivity index (χ4n) is 1.44. The number of carbonyl (C=O) groups is 1. The van der Waals surface area contributed by atoms with E-state index < -0.39 is 21.1 Å². The maximum absolute atomic E-state index is 12.0. The van der Waals surface area contributed by atoms with E-state index in [0.717, 1.165) is 6.07 Å². The topological polar surface area (TPSA) is 69.7 Å². The number of hydrogen-bond acceptors (Lipinski definition) is 5. The molecule has 0 radical (unpaired) electrons. The zero-order valence-corrected chi connectivity index (χ0v) is 15.1. The second kappa shape index (κ2) is 7.78. The standard InChI is InChI=1S/C12H13BrCl2O5S/c1-3-19-6-7(2)20-12(16)8-4-11(21(15,17)18)9(13)5-10(8)14/h4-5,7H,3,6H2,1-2H3. The Kier molecular flexibility index (Phi) is 6.93. The van der Waals surface area contributed by atoms with Crippen LogP contribution in [0.5, 0.6) is 0 Å². The first-order chi connectivity index (χ1) is 9.66. The molecule has 0 saturated carbocycles. The van der Waals surface area contributed by atoms with E-state index in [2.05, 4.69) is 15.9 Å². The van der Waals surface area contributed by atoms with Gasteiger partial charge in [-0.05, 0) is 41.9 Å². The summed E-state index contributed by atoms with van der Waals surface area (Å²) in [5.41, 5.74) is -0.0811. The molecule has 0 spiro atoms. The molecule has 0 aliphatic heterocycles. The fraction of sp³-hybridized carbons (Fsp3) is 0.417. The highest BCUT2D eigenvalue weighted by molar-refractivity contribution is 9.10. The Hall–Kier alpha value is -0.340. The number of carbonyl (C=O) groups excluding carboxylic acids is 1. The summed E-state index contributed by atoms with van der Waals surface area (Å²) in [6, 6.07) is 2.35. The zero-order valence-electron chi connectivity index (χ0n) is 11.2. The summed E-state index contributed by atoms with van der Waals surface area (Å²) in [6.45, 7) is 4.20. The molecular formula is C12H13BrCl2O5S. The van der Waals surface area contributed by atoms with Crippen molar-refractivity contribution in [1.29, 1.82) is 0 Å². The SMILES string of the molecule is CCOCC(C)OC(=O)c1cc(S(=O)(=O)Cl)c(Br)cc1Cl. The van der Waals surface area contributed by atoms with Crippen LogP contribution in [0, 0.1) is 0 Å². The van der Waals surface area contributed by atoms with Gasteiger partial charge in [0, 0.05) is 21.8 Å². The van der Waals surface area contributed by atoms with Crippen LogP contribution in [-0.4, -0.2) is 33.7 Å². The lowest BCUT2D eigenvalue weighted by atomic mass is 10.2. The van der Waals surface area contributed by atoms with E-state index in [-0.39, 0.29) is 26.6 Å². The first kappa shape index (κ1) is 18.7. The molecule has 1 aromatic carbocycles. The van der Waals surface area contributed by atoms with Gasteiger partial charge in [-0.2, -0.15) is 0 Å². The van der Waals surface area contributed by atoms with Crippen molar-refractivity contribution in [2.75, 3.05) is 13.2 Å². The van der Waals surface area contributed by atoms with Crippen LogP contribution in [0.1, 0.15) is 24.2 Å². The Balaban J connectivity index is 3.05. The van der Waals surface area contributed by atoms with E-state index in [1.54, 1.807) is 6.92 Å². The van der Waals surface area contributed by atoms with Gasteiger partial charge < -0.3 is 9.47 Å². The minimum Gasteiger partial charge on any atom is -0.457 e. The average molecular weight is 420 g/mol. The van der Waals surface area contributed by atoms with Gasteiger partial charge in [-0.15, -0.1) is 0 Å². The smallest absolute Gasteiger partial charge is 0.340 e. The van der Waals surface area contributed by atoms with E-state index in [0.29, 0.717) is 6.61 Å². The van der Waals surface area contributed by atoms with Crippen LogP contribution in [0.4, 0.5) is 0 Å². The maximum Gasteiger partial charge on any atom is 0.340 e. The van der Waals surface area contributed by atoms with Crippen molar-refractivity contribution in [2.45, 2.75) is 24.8 Å². The number of esters is 1. The third kappa shape index (κ3) is 5.41. The molecule has 21 heavy (non-hydrogen) atoms. The van der Waals surface area contributed by atoms with Gasteiger partial charge in [-0.1, -0.05) is 11.6 Å². The van der Waals surface area contributed by atoms with Crippen LogP contribution in [0.2, 0.25) is 5.02 Å². The van der Waals surface area contributed by atoms with Crippen LogP contribution >= 0.6 is 38.2 Å². The maximum atomic E-state index is 12.0. The largest absolute Gasteiger partial charge is 0.457 e. The van der Waals surface area contributed by atoms with Crippen molar-refractivity contribution in [3.05, 3.63) is 27.2 Å². The van der Waals surface area contributed by atoms with Crippen LogP contribution in [-0.2, 0) is 18.5 Å². The molecule has 0 heterocycles. The van der Waals surface area contributed by atoms with Gasteiger partial charge in [0.25, 0.3) is 9.05 Å². The Bertz CT molecular complexity index is 633. The van der Waals surface area contributed by atoms with Crippen LogP contribution < -0.4 is 0 Å². The van der Waals surface area contributed by atoms with Crippen LogP contribution in [0.15, 0.2) is 21.5 Å². The molecule has 0 amide bonds. The van der Waals surface area contributed by atoms with Crippen molar-refractivity contribution >= 4 is 53.2 Å². The lowest BCUT2D eigenvalue weighted by Crippen LogP contribution is -2.21. The number of rotatable bonds is 6. The Labute approximate surface area is 141 Å². The Morgan fingerprint density at radius 2 is 2.05 bits per heavy atom. The third-order valence-corrected chi connectivity index (χ3v) is 4.96. The summed E-state index contributed by atoms with van der Waals surface area (Å²) in [5, 5.41) is 0.0551. The van der Waals surface area contributed by atoms with Gasteiger partial charge in [0.05, 0.1) is 22.1 Å². The van der Waals surface area contributed by atoms with E-state index in [1.165, 1.54) is 6.07 Å². The van der Waals surface area contributed by atoms with E-state index in [9.17, 15) is 13.2 Å². The molecule has 0 saturated heterocycles. The first-order valence-corrected chi connectivity index (χ1v) is 9.37. The number of halogens is 3. The molecule has 0 bridgehead atoms. The normalized spacial score (nSPS) is 13.0. The number of hydrogen-bond donors (Lipinski definition) is 0. The molecule has 1 aromatic rings. The summed E-state index contributed by atoms with van der Waals surface area (Å²) >= 11 is 8.97.